The fraction of sp³-hybridized carbons (Fsp3) is 0.471. The molecule has 0 bridgehead atoms. The first kappa shape index (κ1) is 16.3. The number of hydrogen-bond donors (Lipinski definition) is 1. The molecule has 0 spiro atoms. The van der Waals surface area contributed by atoms with Crippen LogP contribution in [0.4, 0.5) is 5.95 Å². The van der Waals surface area contributed by atoms with E-state index in [0.29, 0.717) is 24.9 Å². The Balaban J connectivity index is 1.63. The number of carbonyl (C=O) groups excluding carboxylic acids is 1. The molecule has 3 heterocycles. The number of nitrogens with one attached hydrogen (secondary N) is 1. The second-order valence-electron chi connectivity index (χ2n) is 5.93. The number of carbonyl (C=O) groups is 1. The number of anilines is 1. The fourth-order valence-corrected chi connectivity index (χ4v) is 2.88. The van der Waals surface area contributed by atoms with Crippen LogP contribution < -0.4 is 15.0 Å². The van der Waals surface area contributed by atoms with Crippen LogP contribution in [0.25, 0.3) is 0 Å². The van der Waals surface area contributed by atoms with Crippen molar-refractivity contribution in [2.45, 2.75) is 26.3 Å². The Morgan fingerprint density at radius 2 is 2.38 bits per heavy atom. The molecule has 0 unspecified atom stereocenters. The van der Waals surface area contributed by atoms with Crippen molar-refractivity contribution in [1.82, 2.24) is 15.3 Å². The minimum Gasteiger partial charge on any atom is -0.481 e. The minimum absolute atomic E-state index is 0.0377. The van der Waals surface area contributed by atoms with Crippen molar-refractivity contribution in [3.05, 3.63) is 35.9 Å². The van der Waals surface area contributed by atoms with Gasteiger partial charge in [-0.1, -0.05) is 0 Å². The van der Waals surface area contributed by atoms with Crippen LogP contribution in [0.3, 0.4) is 0 Å². The van der Waals surface area contributed by atoms with E-state index in [4.69, 9.17) is 9.15 Å². The highest BCUT2D eigenvalue weighted by molar-refractivity contribution is 5.79. The van der Waals surface area contributed by atoms with E-state index in [1.807, 2.05) is 19.1 Å². The highest BCUT2D eigenvalue weighted by atomic mass is 16.5. The summed E-state index contributed by atoms with van der Waals surface area (Å²) in [7, 11) is 1.59. The summed E-state index contributed by atoms with van der Waals surface area (Å²) < 4.78 is 10.5. The molecule has 128 valence electrons. The van der Waals surface area contributed by atoms with E-state index in [0.717, 1.165) is 30.8 Å². The zero-order valence-electron chi connectivity index (χ0n) is 14.0. The predicted molar refractivity (Wildman–Crippen MR) is 88.8 cm³/mol. The Morgan fingerprint density at radius 3 is 3.12 bits per heavy atom. The lowest BCUT2D eigenvalue weighted by Crippen LogP contribution is -2.43. The first-order valence-corrected chi connectivity index (χ1v) is 8.10. The van der Waals surface area contributed by atoms with E-state index in [1.54, 1.807) is 19.4 Å². The number of furan rings is 1. The van der Waals surface area contributed by atoms with E-state index >= 15 is 0 Å². The average molecular weight is 330 g/mol. The van der Waals surface area contributed by atoms with E-state index in [1.165, 1.54) is 0 Å². The van der Waals surface area contributed by atoms with Gasteiger partial charge in [0, 0.05) is 24.8 Å². The largest absolute Gasteiger partial charge is 0.481 e. The van der Waals surface area contributed by atoms with Gasteiger partial charge in [-0.25, -0.2) is 4.98 Å². The topological polar surface area (TPSA) is 80.5 Å². The van der Waals surface area contributed by atoms with Crippen molar-refractivity contribution in [1.29, 1.82) is 0 Å². The molecule has 24 heavy (non-hydrogen) atoms. The molecule has 0 aliphatic carbocycles. The smallest absolute Gasteiger partial charge is 0.228 e. The maximum Gasteiger partial charge on any atom is 0.228 e. The first-order chi connectivity index (χ1) is 11.7. The van der Waals surface area contributed by atoms with Gasteiger partial charge in [-0.3, -0.25) is 4.79 Å². The molecular formula is C17H22N4O3. The number of rotatable bonds is 5. The zero-order chi connectivity index (χ0) is 16.9. The molecule has 1 saturated heterocycles. The number of ether oxygens (including phenoxy) is 1. The van der Waals surface area contributed by atoms with Crippen LogP contribution in [0, 0.1) is 12.8 Å². The monoisotopic (exact) mass is 330 g/mol. The molecule has 0 radical (unpaired) electrons. The maximum absolute atomic E-state index is 12.4. The lowest BCUT2D eigenvalue weighted by Gasteiger charge is -2.32. The molecule has 1 aliphatic heterocycles. The maximum atomic E-state index is 12.4. The summed E-state index contributed by atoms with van der Waals surface area (Å²) in [6, 6.07) is 5.45. The molecule has 1 N–H and O–H groups in total. The molecule has 7 heteroatoms. The summed E-state index contributed by atoms with van der Waals surface area (Å²) >= 11 is 0. The summed E-state index contributed by atoms with van der Waals surface area (Å²) in [5, 5.41) is 2.94. The number of amides is 1. The molecule has 2 aromatic rings. The number of methoxy groups -OCH3 is 1. The van der Waals surface area contributed by atoms with E-state index < -0.39 is 0 Å². The van der Waals surface area contributed by atoms with Gasteiger partial charge in [-0.2, -0.15) is 4.98 Å². The zero-order valence-corrected chi connectivity index (χ0v) is 14.0. The second kappa shape index (κ2) is 7.33. The van der Waals surface area contributed by atoms with Gasteiger partial charge < -0.3 is 19.4 Å². The van der Waals surface area contributed by atoms with E-state index in [-0.39, 0.29) is 11.8 Å². The molecule has 0 saturated carbocycles. The van der Waals surface area contributed by atoms with Crippen LogP contribution in [-0.4, -0.2) is 36.1 Å². The van der Waals surface area contributed by atoms with Crippen LogP contribution in [0.5, 0.6) is 5.88 Å². The summed E-state index contributed by atoms with van der Waals surface area (Å²) in [4.78, 5) is 23.3. The molecular weight excluding hydrogens is 308 g/mol. The summed E-state index contributed by atoms with van der Waals surface area (Å²) in [6.07, 6.45) is 3.40. The van der Waals surface area contributed by atoms with Gasteiger partial charge in [0.2, 0.25) is 17.7 Å². The first-order valence-electron chi connectivity index (χ1n) is 8.10. The van der Waals surface area contributed by atoms with Crippen molar-refractivity contribution in [3.8, 4) is 5.88 Å². The van der Waals surface area contributed by atoms with Crippen molar-refractivity contribution < 1.29 is 13.9 Å². The molecule has 3 rings (SSSR count). The fourth-order valence-electron chi connectivity index (χ4n) is 2.88. The Morgan fingerprint density at radius 1 is 1.50 bits per heavy atom. The number of nitrogens with zero attached hydrogens (tertiary/aromatic N) is 3. The van der Waals surface area contributed by atoms with Crippen LogP contribution in [-0.2, 0) is 11.3 Å². The van der Waals surface area contributed by atoms with E-state index in [2.05, 4.69) is 20.2 Å². The molecule has 1 aliphatic rings. The highest BCUT2D eigenvalue weighted by Crippen LogP contribution is 2.22. The molecule has 1 atom stereocenters. The third kappa shape index (κ3) is 3.84. The summed E-state index contributed by atoms with van der Waals surface area (Å²) in [6.45, 7) is 3.77. The van der Waals surface area contributed by atoms with Crippen molar-refractivity contribution in [2.75, 3.05) is 25.1 Å². The summed E-state index contributed by atoms with van der Waals surface area (Å²) in [5.41, 5.74) is 0.848. The third-order valence-corrected chi connectivity index (χ3v) is 4.12. The van der Waals surface area contributed by atoms with Gasteiger partial charge in [0.25, 0.3) is 0 Å². The van der Waals surface area contributed by atoms with Gasteiger partial charge in [0.15, 0.2) is 0 Å². The van der Waals surface area contributed by atoms with Crippen LogP contribution in [0.1, 0.15) is 24.3 Å². The standard InChI is InChI=1S/C17H22N4O3/c1-12-9-15(23-2)20-17(19-12)21-7-3-5-13(11-21)16(22)18-10-14-6-4-8-24-14/h4,6,8-9,13H,3,5,7,10-11H2,1-2H3,(H,18,22)/t13-/m0/s1. The van der Waals surface area contributed by atoms with Gasteiger partial charge in [-0.05, 0) is 31.9 Å². The molecule has 0 aromatic carbocycles. The normalized spacial score (nSPS) is 17.6. The lowest BCUT2D eigenvalue weighted by molar-refractivity contribution is -0.125. The quantitative estimate of drug-likeness (QED) is 0.902. The number of aryl methyl sites for hydroxylation is 1. The average Bonchev–Trinajstić information content (AvgIpc) is 3.12. The van der Waals surface area contributed by atoms with Gasteiger partial charge >= 0.3 is 0 Å². The summed E-state index contributed by atoms with van der Waals surface area (Å²) in [5.74, 6) is 1.87. The van der Waals surface area contributed by atoms with Gasteiger partial charge in [0.1, 0.15) is 5.76 Å². The number of hydrogen-bond acceptors (Lipinski definition) is 6. The van der Waals surface area contributed by atoms with Crippen LogP contribution >= 0.6 is 0 Å². The Kier molecular flexibility index (Phi) is 4.98. The SMILES string of the molecule is COc1cc(C)nc(N2CCC[C@H](C(=O)NCc3ccco3)C2)n1. The molecule has 1 fully saturated rings. The number of piperidine rings is 1. The number of aromatic nitrogens is 2. The predicted octanol–water partition coefficient (Wildman–Crippen LogP) is 1.92. The van der Waals surface area contributed by atoms with E-state index in [9.17, 15) is 4.79 Å². The van der Waals surface area contributed by atoms with Crippen molar-refractivity contribution >= 4 is 11.9 Å². The Bertz CT molecular complexity index is 687. The Labute approximate surface area is 141 Å². The Hall–Kier alpha value is -2.57. The van der Waals surface area contributed by atoms with Crippen molar-refractivity contribution in [3.63, 3.8) is 0 Å². The van der Waals surface area contributed by atoms with Crippen LogP contribution in [0.15, 0.2) is 28.9 Å². The third-order valence-electron chi connectivity index (χ3n) is 4.12. The molecule has 7 nitrogen and oxygen atoms in total. The second-order valence-corrected chi connectivity index (χ2v) is 5.93. The van der Waals surface area contributed by atoms with Crippen LogP contribution in [0.2, 0.25) is 0 Å². The molecule has 1 amide bonds. The lowest BCUT2D eigenvalue weighted by atomic mass is 9.97. The van der Waals surface area contributed by atoms with Crippen molar-refractivity contribution in [2.24, 2.45) is 5.92 Å². The van der Waals surface area contributed by atoms with Gasteiger partial charge in [0.05, 0.1) is 25.8 Å². The van der Waals surface area contributed by atoms with Gasteiger partial charge in [-0.15, -0.1) is 0 Å². The molecule has 2 aromatic heterocycles. The highest BCUT2D eigenvalue weighted by Gasteiger charge is 2.27. The minimum atomic E-state index is -0.0798.